The van der Waals surface area contributed by atoms with Gasteiger partial charge in [0, 0.05) is 30.9 Å². The molecule has 0 aliphatic carbocycles. The van der Waals surface area contributed by atoms with E-state index in [4.69, 9.17) is 0 Å². The first-order valence-corrected chi connectivity index (χ1v) is 6.01. The Labute approximate surface area is 111 Å². The van der Waals surface area contributed by atoms with Crippen molar-refractivity contribution in [3.05, 3.63) is 52.6 Å². The third-order valence-corrected chi connectivity index (χ3v) is 2.99. The predicted molar refractivity (Wildman–Crippen MR) is 70.3 cm³/mol. The van der Waals surface area contributed by atoms with Crippen LogP contribution in [0.4, 0.5) is 4.39 Å². The van der Waals surface area contributed by atoms with E-state index >= 15 is 0 Å². The van der Waals surface area contributed by atoms with Crippen LogP contribution in [0.2, 0.25) is 0 Å². The van der Waals surface area contributed by atoms with Crippen LogP contribution in [0.5, 0.6) is 0 Å². The molecule has 1 N–H and O–H groups in total. The number of carbonyl (C=O) groups excluding carboxylic acids is 1. The molecule has 0 bridgehead atoms. The lowest BCUT2D eigenvalue weighted by molar-refractivity contribution is 0.0950. The summed E-state index contributed by atoms with van der Waals surface area (Å²) in [6.07, 6.45) is 1.87. The number of amides is 1. The first-order valence-electron chi connectivity index (χ1n) is 6.01. The molecule has 0 fully saturated rings. The third-order valence-electron chi connectivity index (χ3n) is 2.99. The lowest BCUT2D eigenvalue weighted by Gasteiger charge is -2.07. The summed E-state index contributed by atoms with van der Waals surface area (Å²) >= 11 is 0. The average Bonchev–Trinajstić information content (AvgIpc) is 2.65. The van der Waals surface area contributed by atoms with Crippen LogP contribution in [0, 0.1) is 19.7 Å². The molecule has 0 radical (unpaired) electrons. The van der Waals surface area contributed by atoms with Gasteiger partial charge in [0.25, 0.3) is 5.91 Å². The molecule has 5 heteroatoms. The number of nitrogens with zero attached hydrogens (tertiary/aromatic N) is 2. The molecule has 0 saturated heterocycles. The summed E-state index contributed by atoms with van der Waals surface area (Å²) in [4.78, 5) is 12.0. The number of nitrogens with one attached hydrogen (secondary N) is 1. The average molecular weight is 261 g/mol. The van der Waals surface area contributed by atoms with Crippen molar-refractivity contribution in [1.82, 2.24) is 15.1 Å². The van der Waals surface area contributed by atoms with E-state index in [-0.39, 0.29) is 11.7 Å². The van der Waals surface area contributed by atoms with Crippen molar-refractivity contribution in [1.29, 1.82) is 0 Å². The largest absolute Gasteiger partial charge is 0.348 e. The molecule has 1 heterocycles. The standard InChI is InChI=1S/C14H16FN3O/c1-9-6-12(15)4-5-13(9)14(19)16-7-11-8-18(3)17-10(11)2/h4-6,8H,7H2,1-3H3,(H,16,19). The normalized spacial score (nSPS) is 10.5. The number of benzene rings is 1. The lowest BCUT2D eigenvalue weighted by atomic mass is 10.1. The molecule has 2 aromatic rings. The molecule has 0 atom stereocenters. The molecule has 19 heavy (non-hydrogen) atoms. The van der Waals surface area contributed by atoms with E-state index in [0.29, 0.717) is 17.7 Å². The number of rotatable bonds is 3. The minimum atomic E-state index is -0.336. The third kappa shape index (κ3) is 2.99. The Morgan fingerprint density at radius 1 is 1.42 bits per heavy atom. The van der Waals surface area contributed by atoms with Crippen molar-refractivity contribution in [2.45, 2.75) is 20.4 Å². The SMILES string of the molecule is Cc1cc(F)ccc1C(=O)NCc1cn(C)nc1C. The highest BCUT2D eigenvalue weighted by Gasteiger charge is 2.10. The van der Waals surface area contributed by atoms with Gasteiger partial charge in [-0.3, -0.25) is 9.48 Å². The summed E-state index contributed by atoms with van der Waals surface area (Å²) in [5, 5.41) is 7.02. The first kappa shape index (κ1) is 13.3. The van der Waals surface area contributed by atoms with E-state index in [1.807, 2.05) is 20.2 Å². The van der Waals surface area contributed by atoms with Gasteiger partial charge in [-0.05, 0) is 37.6 Å². The quantitative estimate of drug-likeness (QED) is 0.919. The summed E-state index contributed by atoms with van der Waals surface area (Å²) < 4.78 is 14.7. The fourth-order valence-corrected chi connectivity index (χ4v) is 1.97. The van der Waals surface area contributed by atoms with E-state index in [2.05, 4.69) is 10.4 Å². The van der Waals surface area contributed by atoms with Crippen LogP contribution in [-0.2, 0) is 13.6 Å². The van der Waals surface area contributed by atoms with Crippen molar-refractivity contribution < 1.29 is 9.18 Å². The molecular formula is C14H16FN3O. The molecule has 1 amide bonds. The van der Waals surface area contributed by atoms with Crippen LogP contribution >= 0.6 is 0 Å². The topological polar surface area (TPSA) is 46.9 Å². The van der Waals surface area contributed by atoms with Gasteiger partial charge in [-0.25, -0.2) is 4.39 Å². The highest BCUT2D eigenvalue weighted by atomic mass is 19.1. The highest BCUT2D eigenvalue weighted by molar-refractivity contribution is 5.95. The predicted octanol–water partition coefficient (Wildman–Crippen LogP) is 2.11. The van der Waals surface area contributed by atoms with Gasteiger partial charge in [-0.15, -0.1) is 0 Å². The molecule has 0 saturated carbocycles. The Morgan fingerprint density at radius 2 is 2.16 bits per heavy atom. The van der Waals surface area contributed by atoms with E-state index in [9.17, 15) is 9.18 Å². The number of aromatic nitrogens is 2. The molecule has 0 unspecified atom stereocenters. The van der Waals surface area contributed by atoms with Crippen molar-refractivity contribution >= 4 is 5.91 Å². The molecule has 1 aromatic carbocycles. The maximum absolute atomic E-state index is 13.0. The molecule has 0 aliphatic heterocycles. The Kier molecular flexibility index (Phi) is 3.64. The van der Waals surface area contributed by atoms with Crippen LogP contribution in [0.15, 0.2) is 24.4 Å². The summed E-state index contributed by atoms with van der Waals surface area (Å²) in [5.74, 6) is -0.544. The van der Waals surface area contributed by atoms with Crippen LogP contribution in [0.3, 0.4) is 0 Å². The van der Waals surface area contributed by atoms with Gasteiger partial charge in [0.2, 0.25) is 0 Å². The smallest absolute Gasteiger partial charge is 0.251 e. The van der Waals surface area contributed by atoms with E-state index in [1.165, 1.54) is 18.2 Å². The molecule has 1 aromatic heterocycles. The van der Waals surface area contributed by atoms with Crippen LogP contribution in [-0.4, -0.2) is 15.7 Å². The lowest BCUT2D eigenvalue weighted by Crippen LogP contribution is -2.23. The second-order valence-electron chi connectivity index (χ2n) is 4.56. The molecule has 100 valence electrons. The minimum absolute atomic E-state index is 0.208. The zero-order chi connectivity index (χ0) is 14.0. The second-order valence-corrected chi connectivity index (χ2v) is 4.56. The van der Waals surface area contributed by atoms with E-state index in [0.717, 1.165) is 11.3 Å². The van der Waals surface area contributed by atoms with Gasteiger partial charge >= 0.3 is 0 Å². The van der Waals surface area contributed by atoms with Crippen molar-refractivity contribution in [2.24, 2.45) is 7.05 Å². The summed E-state index contributed by atoms with van der Waals surface area (Å²) in [7, 11) is 1.84. The van der Waals surface area contributed by atoms with E-state index in [1.54, 1.807) is 11.6 Å². The van der Waals surface area contributed by atoms with Crippen molar-refractivity contribution in [2.75, 3.05) is 0 Å². The number of hydrogen-bond donors (Lipinski definition) is 1. The fraction of sp³-hybridized carbons (Fsp3) is 0.286. The zero-order valence-corrected chi connectivity index (χ0v) is 11.2. The maximum atomic E-state index is 13.0. The minimum Gasteiger partial charge on any atom is -0.348 e. The fourth-order valence-electron chi connectivity index (χ4n) is 1.97. The first-order chi connectivity index (χ1) is 8.97. The van der Waals surface area contributed by atoms with Gasteiger partial charge in [0.1, 0.15) is 5.82 Å². The summed E-state index contributed by atoms with van der Waals surface area (Å²) in [5.41, 5.74) is 2.97. The molecule has 4 nitrogen and oxygen atoms in total. The summed E-state index contributed by atoms with van der Waals surface area (Å²) in [6, 6.07) is 4.14. The number of aryl methyl sites for hydroxylation is 3. The van der Waals surface area contributed by atoms with Gasteiger partial charge in [0.05, 0.1) is 5.69 Å². The van der Waals surface area contributed by atoms with Crippen LogP contribution in [0.1, 0.15) is 27.2 Å². The Bertz CT molecular complexity index is 619. The Balaban J connectivity index is 2.07. The molecule has 0 spiro atoms. The summed E-state index contributed by atoms with van der Waals surface area (Å²) in [6.45, 7) is 4.02. The number of carbonyl (C=O) groups is 1. The van der Waals surface area contributed by atoms with Crippen LogP contribution in [0.25, 0.3) is 0 Å². The number of hydrogen-bond acceptors (Lipinski definition) is 2. The Morgan fingerprint density at radius 3 is 2.74 bits per heavy atom. The number of halogens is 1. The zero-order valence-electron chi connectivity index (χ0n) is 11.2. The van der Waals surface area contributed by atoms with Crippen LogP contribution < -0.4 is 5.32 Å². The molecular weight excluding hydrogens is 245 g/mol. The van der Waals surface area contributed by atoms with Gasteiger partial charge in [0.15, 0.2) is 0 Å². The Hall–Kier alpha value is -2.17. The van der Waals surface area contributed by atoms with E-state index < -0.39 is 0 Å². The molecule has 2 rings (SSSR count). The highest BCUT2D eigenvalue weighted by Crippen LogP contribution is 2.11. The van der Waals surface area contributed by atoms with Crippen molar-refractivity contribution in [3.63, 3.8) is 0 Å². The maximum Gasteiger partial charge on any atom is 0.251 e. The second kappa shape index (κ2) is 5.22. The van der Waals surface area contributed by atoms with Gasteiger partial charge in [-0.2, -0.15) is 5.10 Å². The molecule has 0 aliphatic rings. The van der Waals surface area contributed by atoms with Gasteiger partial charge in [-0.1, -0.05) is 0 Å². The van der Waals surface area contributed by atoms with Crippen molar-refractivity contribution in [3.8, 4) is 0 Å². The monoisotopic (exact) mass is 261 g/mol. The van der Waals surface area contributed by atoms with Gasteiger partial charge < -0.3 is 5.32 Å².